The van der Waals surface area contributed by atoms with Gasteiger partial charge in [0.25, 0.3) is 0 Å². The van der Waals surface area contributed by atoms with Crippen molar-refractivity contribution in [3.05, 3.63) is 57.6 Å². The van der Waals surface area contributed by atoms with E-state index in [1.54, 1.807) is 7.11 Å². The van der Waals surface area contributed by atoms with E-state index in [2.05, 4.69) is 0 Å². The number of benzene rings is 2. The van der Waals surface area contributed by atoms with Gasteiger partial charge in [-0.15, -0.1) is 0 Å². The third-order valence-corrected chi connectivity index (χ3v) is 4.36. The van der Waals surface area contributed by atoms with Gasteiger partial charge in [0.1, 0.15) is 16.9 Å². The Balaban J connectivity index is 2.18. The lowest BCUT2D eigenvalue weighted by Crippen LogP contribution is -1.98. The van der Waals surface area contributed by atoms with Gasteiger partial charge in [-0.3, -0.25) is 0 Å². The second-order valence-electron chi connectivity index (χ2n) is 5.80. The summed E-state index contributed by atoms with van der Waals surface area (Å²) in [6.07, 6.45) is 0. The van der Waals surface area contributed by atoms with Crippen LogP contribution in [0.2, 0.25) is 0 Å². The minimum absolute atomic E-state index is 0.335. The van der Waals surface area contributed by atoms with Gasteiger partial charge < -0.3 is 13.6 Å². The molecule has 4 rings (SSSR count). The quantitative estimate of drug-likeness (QED) is 0.405. The molecule has 23 heavy (non-hydrogen) atoms. The van der Waals surface area contributed by atoms with Crippen molar-refractivity contribution in [2.45, 2.75) is 20.5 Å². The van der Waals surface area contributed by atoms with Crippen LogP contribution in [0.3, 0.4) is 0 Å². The monoisotopic (exact) mass is 308 g/mol. The number of hydrogen-bond donors (Lipinski definition) is 0. The molecule has 2 aromatic carbocycles. The van der Waals surface area contributed by atoms with E-state index in [-0.39, 0.29) is 5.63 Å². The molecule has 0 aliphatic rings. The highest BCUT2D eigenvalue weighted by Gasteiger charge is 2.15. The fourth-order valence-electron chi connectivity index (χ4n) is 3.23. The van der Waals surface area contributed by atoms with Crippen LogP contribution in [0.4, 0.5) is 0 Å². The predicted octanol–water partition coefficient (Wildman–Crippen LogP) is 4.46. The second kappa shape index (κ2) is 4.96. The topological polar surface area (TPSA) is 52.6 Å². The lowest BCUT2D eigenvalue weighted by atomic mass is 10.0. The van der Waals surface area contributed by atoms with E-state index < -0.39 is 0 Å². The van der Waals surface area contributed by atoms with E-state index >= 15 is 0 Å². The molecular formula is C19H16O4. The van der Waals surface area contributed by atoms with E-state index in [0.717, 1.165) is 44.0 Å². The Morgan fingerprint density at radius 3 is 2.22 bits per heavy atom. The average Bonchev–Trinajstić information content (AvgIpc) is 2.83. The molecule has 116 valence electrons. The van der Waals surface area contributed by atoms with Crippen molar-refractivity contribution in [3.63, 3.8) is 0 Å². The molecule has 4 nitrogen and oxygen atoms in total. The molecule has 0 N–H and O–H groups in total. The largest absolute Gasteiger partial charge is 0.460 e. The van der Waals surface area contributed by atoms with Crippen LogP contribution >= 0.6 is 0 Å². The molecule has 2 heterocycles. The van der Waals surface area contributed by atoms with Crippen LogP contribution < -0.4 is 5.63 Å². The molecule has 0 spiro atoms. The molecule has 0 aliphatic carbocycles. The molecule has 0 saturated heterocycles. The van der Waals surface area contributed by atoms with Gasteiger partial charge >= 0.3 is 5.63 Å². The van der Waals surface area contributed by atoms with Gasteiger partial charge in [0.05, 0.1) is 6.61 Å². The number of methoxy groups -OCH3 is 1. The van der Waals surface area contributed by atoms with Crippen molar-refractivity contribution in [2.75, 3.05) is 7.11 Å². The van der Waals surface area contributed by atoms with Crippen LogP contribution in [0.15, 0.2) is 44.0 Å². The summed E-state index contributed by atoms with van der Waals surface area (Å²) in [5.41, 5.74) is 3.04. The van der Waals surface area contributed by atoms with E-state index in [1.165, 1.54) is 6.07 Å². The highest BCUT2D eigenvalue weighted by atomic mass is 16.5. The summed E-state index contributed by atoms with van der Waals surface area (Å²) in [7, 11) is 1.67. The summed E-state index contributed by atoms with van der Waals surface area (Å²) in [4.78, 5) is 11.7. The van der Waals surface area contributed by atoms with E-state index in [1.807, 2.05) is 38.1 Å². The Labute approximate surface area is 132 Å². The van der Waals surface area contributed by atoms with Crippen molar-refractivity contribution < 1.29 is 13.6 Å². The summed E-state index contributed by atoms with van der Waals surface area (Å²) < 4.78 is 16.7. The van der Waals surface area contributed by atoms with Gasteiger partial charge in [-0.25, -0.2) is 4.79 Å². The lowest BCUT2D eigenvalue weighted by molar-refractivity contribution is 0.184. The van der Waals surface area contributed by atoms with Crippen molar-refractivity contribution in [2.24, 2.45) is 0 Å². The van der Waals surface area contributed by atoms with Crippen LogP contribution in [-0.2, 0) is 11.3 Å². The summed E-state index contributed by atoms with van der Waals surface area (Å²) in [5, 5.41) is 3.80. The minimum atomic E-state index is -0.335. The first kappa shape index (κ1) is 14.0. The van der Waals surface area contributed by atoms with Crippen LogP contribution in [0.5, 0.6) is 0 Å². The summed E-state index contributed by atoms with van der Waals surface area (Å²) in [6, 6.07) is 9.50. The molecule has 0 amide bonds. The Hall–Kier alpha value is -2.59. The van der Waals surface area contributed by atoms with E-state index in [4.69, 9.17) is 13.6 Å². The van der Waals surface area contributed by atoms with Gasteiger partial charge in [0, 0.05) is 40.3 Å². The van der Waals surface area contributed by atoms with Gasteiger partial charge in [-0.2, -0.15) is 0 Å². The zero-order chi connectivity index (χ0) is 16.1. The molecular weight excluding hydrogens is 292 g/mol. The highest BCUT2D eigenvalue weighted by molar-refractivity contribution is 6.14. The molecule has 0 fully saturated rings. The fraction of sp³-hybridized carbons (Fsp3) is 0.211. The maximum absolute atomic E-state index is 11.7. The fourth-order valence-corrected chi connectivity index (χ4v) is 3.23. The van der Waals surface area contributed by atoms with Gasteiger partial charge in [0.15, 0.2) is 0 Å². The predicted molar refractivity (Wildman–Crippen MR) is 89.9 cm³/mol. The van der Waals surface area contributed by atoms with Crippen LogP contribution in [0.25, 0.3) is 32.7 Å². The maximum atomic E-state index is 11.7. The van der Waals surface area contributed by atoms with Crippen LogP contribution in [-0.4, -0.2) is 7.11 Å². The smallest absolute Gasteiger partial charge is 0.336 e. The van der Waals surface area contributed by atoms with Crippen LogP contribution in [0, 0.1) is 13.8 Å². The number of ether oxygens (including phenoxy) is 1. The normalized spacial score (nSPS) is 11.8. The van der Waals surface area contributed by atoms with Crippen LogP contribution in [0.1, 0.15) is 16.9 Å². The Bertz CT molecular complexity index is 1120. The van der Waals surface area contributed by atoms with Gasteiger partial charge in [0.2, 0.25) is 0 Å². The summed E-state index contributed by atoms with van der Waals surface area (Å²) in [5.74, 6) is 0.847. The maximum Gasteiger partial charge on any atom is 0.336 e. The Kier molecular flexibility index (Phi) is 3.03. The molecule has 2 aromatic heterocycles. The SMILES string of the molecule is COCc1c(C)oc2c1ccc1c2ccc2c(C)cc(=O)oc21. The molecule has 4 heteroatoms. The molecule has 0 radical (unpaired) electrons. The molecule has 0 aliphatic heterocycles. The van der Waals surface area contributed by atoms with Crippen molar-refractivity contribution in [3.8, 4) is 0 Å². The first-order chi connectivity index (χ1) is 11.1. The third-order valence-electron chi connectivity index (χ3n) is 4.36. The summed E-state index contributed by atoms with van der Waals surface area (Å²) in [6.45, 7) is 4.36. The van der Waals surface area contributed by atoms with Crippen molar-refractivity contribution in [1.29, 1.82) is 0 Å². The standard InChI is InChI=1S/C19H16O4/c1-10-8-17(20)23-18-12(10)4-5-14-13(18)6-7-15-16(9-21-3)11(2)22-19(14)15/h4-8H,9H2,1-3H3. The van der Waals surface area contributed by atoms with E-state index in [9.17, 15) is 4.79 Å². The number of furan rings is 1. The van der Waals surface area contributed by atoms with Crippen molar-refractivity contribution in [1.82, 2.24) is 0 Å². The van der Waals surface area contributed by atoms with E-state index in [0.29, 0.717) is 12.2 Å². The first-order valence-electron chi connectivity index (χ1n) is 7.47. The Morgan fingerprint density at radius 1 is 0.913 bits per heavy atom. The number of rotatable bonds is 2. The molecule has 0 unspecified atom stereocenters. The molecule has 0 bridgehead atoms. The summed E-state index contributed by atoms with van der Waals surface area (Å²) >= 11 is 0. The zero-order valence-electron chi connectivity index (χ0n) is 13.2. The zero-order valence-corrected chi connectivity index (χ0v) is 13.2. The van der Waals surface area contributed by atoms with Crippen molar-refractivity contribution >= 4 is 32.7 Å². The number of aryl methyl sites for hydroxylation is 2. The molecule has 0 saturated carbocycles. The Morgan fingerprint density at radius 2 is 1.52 bits per heavy atom. The molecule has 0 atom stereocenters. The van der Waals surface area contributed by atoms with Gasteiger partial charge in [-0.1, -0.05) is 6.07 Å². The second-order valence-corrected chi connectivity index (χ2v) is 5.80. The number of fused-ring (bicyclic) bond motifs is 5. The number of hydrogen-bond acceptors (Lipinski definition) is 4. The highest BCUT2D eigenvalue weighted by Crippen LogP contribution is 2.35. The lowest BCUT2D eigenvalue weighted by Gasteiger charge is -2.05. The molecule has 4 aromatic rings. The minimum Gasteiger partial charge on any atom is -0.460 e. The van der Waals surface area contributed by atoms with Gasteiger partial charge in [-0.05, 0) is 37.6 Å². The average molecular weight is 308 g/mol. The third kappa shape index (κ3) is 1.99. The first-order valence-corrected chi connectivity index (χ1v) is 7.47.